The highest BCUT2D eigenvalue weighted by Crippen LogP contribution is 2.37. The van der Waals surface area contributed by atoms with E-state index in [4.69, 9.17) is 0 Å². The van der Waals surface area contributed by atoms with Gasteiger partial charge in [0.25, 0.3) is 0 Å². The molecule has 3 heterocycles. The Kier molecular flexibility index (Phi) is 4.97. The number of aryl methyl sites for hydroxylation is 2. The second-order valence-corrected chi connectivity index (χ2v) is 8.82. The van der Waals surface area contributed by atoms with E-state index in [1.807, 2.05) is 0 Å². The molecular weight excluding hydrogens is 372 g/mol. The van der Waals surface area contributed by atoms with Crippen LogP contribution in [0.3, 0.4) is 0 Å². The fraction of sp³-hybridized carbons (Fsp3) is 0.375. The van der Waals surface area contributed by atoms with Gasteiger partial charge in [0, 0.05) is 32.1 Å². The molecule has 2 aliphatic rings. The Bertz CT molecular complexity index is 1090. The maximum absolute atomic E-state index is 4.20. The van der Waals surface area contributed by atoms with E-state index in [-0.39, 0.29) is 2.85 Å². The van der Waals surface area contributed by atoms with Crippen molar-refractivity contribution in [3.8, 4) is 0 Å². The molecule has 0 bridgehead atoms. The molecule has 0 amide bonds. The lowest BCUT2D eigenvalue weighted by Crippen LogP contribution is -2.37. The predicted octanol–water partition coefficient (Wildman–Crippen LogP) is 3.83. The van der Waals surface area contributed by atoms with E-state index in [0.29, 0.717) is 11.8 Å². The summed E-state index contributed by atoms with van der Waals surface area (Å²) in [4.78, 5) is 5.91. The summed E-state index contributed by atoms with van der Waals surface area (Å²) in [7, 11) is 2.24. The number of nitrogens with zero attached hydrogens (tertiary/aromatic N) is 2. The molecule has 0 saturated carbocycles. The molecule has 2 aliphatic heterocycles. The van der Waals surface area contributed by atoms with Crippen molar-refractivity contribution in [2.45, 2.75) is 32.6 Å². The maximum Gasteiger partial charge on any atom is 0.170 e. The Labute approximate surface area is 180 Å². The quantitative estimate of drug-likeness (QED) is 0.532. The number of likely N-dealkylation sites (N-methyl/N-ethyl adjacent to an activating group) is 1. The molecule has 160 valence electrons. The number of nitrogens with one attached hydrogen (secondary N) is 4. The summed E-state index contributed by atoms with van der Waals surface area (Å²) >= 11 is 0. The van der Waals surface area contributed by atoms with Crippen LogP contribution in [0.2, 0.25) is 0 Å². The van der Waals surface area contributed by atoms with Crippen LogP contribution in [0.5, 0.6) is 0 Å². The van der Waals surface area contributed by atoms with Crippen molar-refractivity contribution in [3.05, 3.63) is 70.4 Å². The molecule has 6 nitrogen and oxygen atoms in total. The first-order valence-electron chi connectivity index (χ1n) is 10.8. The van der Waals surface area contributed by atoms with E-state index >= 15 is 0 Å². The Morgan fingerprint density at radius 1 is 1.13 bits per heavy atom. The van der Waals surface area contributed by atoms with Crippen molar-refractivity contribution in [3.63, 3.8) is 0 Å². The molecule has 3 aromatic rings. The summed E-state index contributed by atoms with van der Waals surface area (Å²) < 4.78 is 0. The van der Waals surface area contributed by atoms with Crippen LogP contribution in [0.25, 0.3) is 10.9 Å². The first-order valence-corrected chi connectivity index (χ1v) is 10.8. The lowest BCUT2D eigenvalue weighted by atomic mass is 9.76. The molecule has 2 atom stereocenters. The molecule has 1 saturated heterocycles. The summed E-state index contributed by atoms with van der Waals surface area (Å²) in [5.74, 6) is 1.99. The van der Waals surface area contributed by atoms with Crippen molar-refractivity contribution in [2.75, 3.05) is 20.1 Å². The van der Waals surface area contributed by atoms with Crippen molar-refractivity contribution in [1.82, 2.24) is 26.4 Å². The first-order chi connectivity index (χ1) is 14.6. The monoisotopic (exact) mass is 406 g/mol. The van der Waals surface area contributed by atoms with Gasteiger partial charge in [-0.2, -0.15) is 0 Å². The fourth-order valence-corrected chi connectivity index (χ4v) is 5.19. The standard InChI is InChI=1S/C24H30N6.2H2/c1-15-12-16(2)23-20(8-10-25-23)21(15)13-19-9-11-30(3)14-22(19)17-4-6-18(7-5-17)24-26-28-29-27-24;;/h4-8,10,12,19,22,25,28-29H,9,11,13-14H2,1-3H3,(H,26,27);2*1H/t19-,22-;;/m0../s1. The average molecular weight is 407 g/mol. The lowest BCUT2D eigenvalue weighted by molar-refractivity contribution is 0.188. The second-order valence-electron chi connectivity index (χ2n) is 8.82. The van der Waals surface area contributed by atoms with Gasteiger partial charge in [0.1, 0.15) is 0 Å². The summed E-state index contributed by atoms with van der Waals surface area (Å²) in [6, 6.07) is 13.5. The van der Waals surface area contributed by atoms with Gasteiger partial charge in [-0.25, -0.2) is 5.53 Å². The van der Waals surface area contributed by atoms with Gasteiger partial charge >= 0.3 is 0 Å². The fourth-order valence-electron chi connectivity index (χ4n) is 5.19. The van der Waals surface area contributed by atoms with Crippen LogP contribution in [0.15, 0.2) is 47.7 Å². The smallest absolute Gasteiger partial charge is 0.170 e. The number of hydrazone groups is 1. The van der Waals surface area contributed by atoms with E-state index in [1.54, 1.807) is 0 Å². The van der Waals surface area contributed by atoms with E-state index < -0.39 is 0 Å². The largest absolute Gasteiger partial charge is 0.361 e. The summed E-state index contributed by atoms with van der Waals surface area (Å²) in [6.45, 7) is 6.74. The zero-order valence-electron chi connectivity index (χ0n) is 17.9. The molecule has 0 spiro atoms. The van der Waals surface area contributed by atoms with Crippen LogP contribution in [0.4, 0.5) is 0 Å². The van der Waals surface area contributed by atoms with E-state index in [1.165, 1.54) is 46.1 Å². The van der Waals surface area contributed by atoms with Gasteiger partial charge in [0.2, 0.25) is 0 Å². The molecule has 5 rings (SSSR count). The molecule has 6 heteroatoms. The summed E-state index contributed by atoms with van der Waals surface area (Å²) in [5.41, 5.74) is 16.6. The topological polar surface area (TPSA) is 67.5 Å². The number of amidine groups is 1. The molecule has 4 N–H and O–H groups in total. The van der Waals surface area contributed by atoms with E-state index in [2.05, 4.69) is 95.0 Å². The third kappa shape index (κ3) is 3.46. The normalized spacial score (nSPS) is 22.0. The second kappa shape index (κ2) is 7.78. The third-order valence-electron chi connectivity index (χ3n) is 6.82. The Balaban J connectivity index is 0.00000144. The maximum atomic E-state index is 4.20. The van der Waals surface area contributed by atoms with Crippen LogP contribution in [-0.2, 0) is 6.42 Å². The number of aromatic amines is 1. The molecular formula is C24H34N6. The third-order valence-corrected chi connectivity index (χ3v) is 6.82. The summed E-state index contributed by atoms with van der Waals surface area (Å²) in [6.07, 6.45) is 4.43. The number of hydrogen-bond acceptors (Lipinski definition) is 5. The van der Waals surface area contributed by atoms with E-state index in [9.17, 15) is 0 Å². The number of H-pyrrole nitrogens is 1. The Morgan fingerprint density at radius 2 is 1.97 bits per heavy atom. The van der Waals surface area contributed by atoms with E-state index in [0.717, 1.165) is 24.4 Å². The highest BCUT2D eigenvalue weighted by atomic mass is 15.8. The zero-order valence-corrected chi connectivity index (χ0v) is 17.9. The number of likely N-dealkylation sites (tertiary alicyclic amines) is 1. The number of hydrogen-bond donors (Lipinski definition) is 4. The van der Waals surface area contributed by atoms with Crippen LogP contribution in [-0.4, -0.2) is 35.9 Å². The lowest BCUT2D eigenvalue weighted by Gasteiger charge is -2.37. The number of benzene rings is 2. The molecule has 1 fully saturated rings. The molecule has 30 heavy (non-hydrogen) atoms. The number of rotatable bonds is 4. The number of aromatic nitrogens is 1. The predicted molar refractivity (Wildman–Crippen MR) is 126 cm³/mol. The minimum Gasteiger partial charge on any atom is -0.361 e. The van der Waals surface area contributed by atoms with Gasteiger partial charge < -0.3 is 9.88 Å². The van der Waals surface area contributed by atoms with Gasteiger partial charge in [-0.15, -0.1) is 10.6 Å². The molecule has 0 radical (unpaired) electrons. The van der Waals surface area contributed by atoms with Crippen LogP contribution < -0.4 is 16.5 Å². The van der Waals surface area contributed by atoms with Crippen molar-refractivity contribution in [2.24, 2.45) is 11.0 Å². The number of piperidine rings is 1. The van der Waals surface area contributed by atoms with Crippen LogP contribution >= 0.6 is 0 Å². The summed E-state index contributed by atoms with van der Waals surface area (Å²) in [5, 5.41) is 5.60. The van der Waals surface area contributed by atoms with Gasteiger partial charge in [0.05, 0.1) is 0 Å². The minimum absolute atomic E-state index is 0. The van der Waals surface area contributed by atoms with Crippen molar-refractivity contribution < 1.29 is 2.85 Å². The van der Waals surface area contributed by atoms with Gasteiger partial charge in [-0.05, 0) is 80.4 Å². The van der Waals surface area contributed by atoms with Crippen molar-refractivity contribution in [1.29, 1.82) is 0 Å². The molecule has 0 aliphatic carbocycles. The van der Waals surface area contributed by atoms with Crippen molar-refractivity contribution >= 4 is 16.7 Å². The molecule has 0 unspecified atom stereocenters. The highest BCUT2D eigenvalue weighted by molar-refractivity contribution is 5.98. The zero-order chi connectivity index (χ0) is 20.7. The Hall–Kier alpha value is -2.83. The van der Waals surface area contributed by atoms with Crippen LogP contribution in [0.1, 0.15) is 43.0 Å². The number of fused-ring (bicyclic) bond motifs is 1. The molecule has 1 aromatic heterocycles. The average Bonchev–Trinajstić information content (AvgIpc) is 3.44. The van der Waals surface area contributed by atoms with Gasteiger partial charge in [0.15, 0.2) is 5.84 Å². The minimum atomic E-state index is 0. The van der Waals surface area contributed by atoms with Gasteiger partial charge in [-0.1, -0.05) is 30.3 Å². The Morgan fingerprint density at radius 3 is 2.73 bits per heavy atom. The SMILES string of the molecule is Cc1cc(C)c2[nH]ccc2c1C[C@@H]1CCN(C)C[C@H]1c1ccc(C2=NNNN2)cc1.[HH].[HH]. The van der Waals surface area contributed by atoms with Gasteiger partial charge in [-0.3, -0.25) is 5.43 Å². The number of hydrazine groups is 2. The van der Waals surface area contributed by atoms with Crippen LogP contribution in [0, 0.1) is 19.8 Å². The molecule has 2 aromatic carbocycles. The highest BCUT2D eigenvalue weighted by Gasteiger charge is 2.30. The first kappa shape index (κ1) is 19.2.